The number of rotatable bonds is 7. The zero-order valence-corrected chi connectivity index (χ0v) is 50.4. The van der Waals surface area contributed by atoms with Gasteiger partial charge in [0.25, 0.3) is 0 Å². The van der Waals surface area contributed by atoms with Gasteiger partial charge >= 0.3 is 0 Å². The Balaban J connectivity index is 0.000000136. The lowest BCUT2D eigenvalue weighted by atomic mass is 9.86. The molecule has 19 aromatic rings. The van der Waals surface area contributed by atoms with Gasteiger partial charge in [-0.05, 0) is 175 Å². The van der Waals surface area contributed by atoms with E-state index in [0.717, 1.165) is 5.69 Å². The minimum Gasteiger partial charge on any atom is -0.309 e. The maximum atomic E-state index is 2.45. The highest BCUT2D eigenvalue weighted by Crippen LogP contribution is 2.47. The van der Waals surface area contributed by atoms with Gasteiger partial charge in [0.05, 0.1) is 22.1 Å². The highest BCUT2D eigenvalue weighted by Gasteiger charge is 2.22. The first-order chi connectivity index (χ1) is 45.7. The van der Waals surface area contributed by atoms with Crippen LogP contribution in [0.4, 0.5) is 0 Å². The molecule has 2 aromatic heterocycles. The van der Waals surface area contributed by atoms with E-state index in [1.807, 2.05) is 0 Å². The Morgan fingerprint density at radius 2 is 0.435 bits per heavy atom. The summed E-state index contributed by atoms with van der Waals surface area (Å²) < 4.78 is 4.81. The molecule has 0 saturated heterocycles. The highest BCUT2D eigenvalue weighted by atomic mass is 15.0. The molecule has 2 heterocycles. The average Bonchev–Trinajstić information content (AvgIpc) is 1.34. The van der Waals surface area contributed by atoms with Gasteiger partial charge in [0.1, 0.15) is 0 Å². The Labute approximate surface area is 533 Å². The molecule has 0 spiro atoms. The van der Waals surface area contributed by atoms with Gasteiger partial charge in [0, 0.05) is 32.9 Å². The van der Waals surface area contributed by atoms with Crippen LogP contribution in [0, 0.1) is 0 Å². The number of hydrogen-bond acceptors (Lipinski definition) is 0. The third-order valence-corrected chi connectivity index (χ3v) is 19.1. The van der Waals surface area contributed by atoms with Crippen LogP contribution in [-0.2, 0) is 0 Å². The summed E-state index contributed by atoms with van der Waals surface area (Å²) >= 11 is 0. The number of para-hydroxylation sites is 2. The van der Waals surface area contributed by atoms with Gasteiger partial charge in [-0.15, -0.1) is 0 Å². The zero-order chi connectivity index (χ0) is 60.6. The molecule has 0 fully saturated rings. The summed E-state index contributed by atoms with van der Waals surface area (Å²) in [6.45, 7) is 0. The molecule has 428 valence electrons. The topological polar surface area (TPSA) is 9.86 Å². The number of nitrogens with zero attached hydrogens (tertiary/aromatic N) is 2. The van der Waals surface area contributed by atoms with E-state index < -0.39 is 0 Å². The van der Waals surface area contributed by atoms with Crippen molar-refractivity contribution in [1.29, 1.82) is 0 Å². The van der Waals surface area contributed by atoms with Crippen LogP contribution >= 0.6 is 0 Å². The second kappa shape index (κ2) is 21.9. The van der Waals surface area contributed by atoms with Crippen molar-refractivity contribution < 1.29 is 0 Å². The molecular weight excluding hydrogens is 1110 g/mol. The van der Waals surface area contributed by atoms with Crippen LogP contribution in [0.3, 0.4) is 0 Å². The fourth-order valence-electron chi connectivity index (χ4n) is 15.2. The predicted octanol–water partition coefficient (Wildman–Crippen LogP) is 24.8. The summed E-state index contributed by atoms with van der Waals surface area (Å²) in [5.41, 5.74) is 19.8. The van der Waals surface area contributed by atoms with Crippen molar-refractivity contribution in [3.63, 3.8) is 0 Å². The monoisotopic (exact) mass is 1170 g/mol. The molecule has 0 unspecified atom stereocenters. The Kier molecular flexibility index (Phi) is 12.6. The van der Waals surface area contributed by atoms with Gasteiger partial charge in [0.2, 0.25) is 0 Å². The van der Waals surface area contributed by atoms with E-state index >= 15 is 0 Å². The van der Waals surface area contributed by atoms with Crippen molar-refractivity contribution in [3.05, 3.63) is 352 Å². The van der Waals surface area contributed by atoms with E-state index in [2.05, 4.69) is 361 Å². The fourth-order valence-corrected chi connectivity index (χ4v) is 15.2. The minimum atomic E-state index is 1.16. The molecule has 0 radical (unpaired) electrons. The molecule has 0 saturated carbocycles. The predicted molar refractivity (Wildman–Crippen MR) is 394 cm³/mol. The van der Waals surface area contributed by atoms with Crippen LogP contribution in [0.15, 0.2) is 352 Å². The molecule has 19 rings (SSSR count). The van der Waals surface area contributed by atoms with Crippen LogP contribution in [-0.4, -0.2) is 9.13 Å². The SMILES string of the molecule is c1ccc(-c2c3ccccc3c(-c3ccc(-c4ccc5c(c4)c4ccccc4n5-c4ccccc4)cc3)c3ccccc23)cc1.c1ccc(-c2c3ccccc3c(-c3ccc(-n4c5ccc6ccccc6c5c5c6ccccc6ccc54)cc3)c3ccccc23)cc1. The first kappa shape index (κ1) is 53.0. The highest BCUT2D eigenvalue weighted by molar-refractivity contribution is 6.29. The van der Waals surface area contributed by atoms with E-state index in [1.165, 1.54) is 170 Å². The Hall–Kier alpha value is -12.1. The molecule has 0 atom stereocenters. The maximum absolute atomic E-state index is 2.45. The van der Waals surface area contributed by atoms with Crippen molar-refractivity contribution in [3.8, 4) is 67.0 Å². The summed E-state index contributed by atoms with van der Waals surface area (Å²) in [5, 5.41) is 20.5. The van der Waals surface area contributed by atoms with Gasteiger partial charge in [0.15, 0.2) is 0 Å². The van der Waals surface area contributed by atoms with Crippen molar-refractivity contribution in [1.82, 2.24) is 9.13 Å². The zero-order valence-electron chi connectivity index (χ0n) is 50.4. The molecule has 0 bridgehead atoms. The average molecular weight is 1170 g/mol. The van der Waals surface area contributed by atoms with Crippen molar-refractivity contribution in [2.45, 2.75) is 0 Å². The Morgan fingerprint density at radius 3 is 0.870 bits per heavy atom. The summed E-state index contributed by atoms with van der Waals surface area (Å²) in [6.07, 6.45) is 0. The smallest absolute Gasteiger partial charge is 0.0547 e. The maximum Gasteiger partial charge on any atom is 0.0547 e. The number of aromatic nitrogens is 2. The summed E-state index contributed by atoms with van der Waals surface area (Å²) in [4.78, 5) is 0. The van der Waals surface area contributed by atoms with E-state index in [1.54, 1.807) is 0 Å². The normalized spacial score (nSPS) is 11.7. The van der Waals surface area contributed by atoms with Crippen LogP contribution in [0.2, 0.25) is 0 Å². The molecule has 0 aliphatic rings. The number of fused-ring (bicyclic) bond motifs is 14. The first-order valence-corrected chi connectivity index (χ1v) is 31.8. The second-order valence-electron chi connectivity index (χ2n) is 24.2. The largest absolute Gasteiger partial charge is 0.309 e. The van der Waals surface area contributed by atoms with Crippen LogP contribution in [0.25, 0.3) is 175 Å². The molecule has 0 amide bonds. The van der Waals surface area contributed by atoms with E-state index in [4.69, 9.17) is 0 Å². The molecule has 2 nitrogen and oxygen atoms in total. The fraction of sp³-hybridized carbons (Fsp3) is 0. The van der Waals surface area contributed by atoms with Gasteiger partial charge in [-0.1, -0.05) is 297 Å². The van der Waals surface area contributed by atoms with E-state index in [0.29, 0.717) is 0 Å². The van der Waals surface area contributed by atoms with Crippen LogP contribution in [0.5, 0.6) is 0 Å². The molecule has 92 heavy (non-hydrogen) atoms. The Morgan fingerprint density at radius 1 is 0.152 bits per heavy atom. The lowest BCUT2D eigenvalue weighted by Gasteiger charge is -2.18. The molecule has 17 aromatic carbocycles. The minimum absolute atomic E-state index is 1.16. The quantitative estimate of drug-likeness (QED) is 0.141. The van der Waals surface area contributed by atoms with Gasteiger partial charge in [-0.3, -0.25) is 0 Å². The van der Waals surface area contributed by atoms with Gasteiger partial charge in [-0.25, -0.2) is 0 Å². The standard InChI is InChI=1S/C46H29N.C44H29N/c1-2-14-32(15-3-1)43-37-18-8-10-20-39(37)44(40-21-11-9-19-38(40)43)33-22-26-34(27-23-33)47-41-28-24-30-12-4-6-16-35(30)45(41)46-36-17-7-5-13-31(36)25-29-42(46)47;1-3-13-31(14-4-1)43-36-18-7-9-20-38(36)44(39-21-10-8-19-37(39)43)32-25-23-30(24-26-32)33-27-28-42-40(29-33)35-17-11-12-22-41(35)45(42)34-15-5-2-6-16-34/h1-29H;1-29H. The third kappa shape index (κ3) is 8.57. The lowest BCUT2D eigenvalue weighted by molar-refractivity contribution is 1.18. The second-order valence-corrected chi connectivity index (χ2v) is 24.2. The summed E-state index contributed by atoms with van der Waals surface area (Å²) in [6, 6.07) is 128. The van der Waals surface area contributed by atoms with Gasteiger partial charge < -0.3 is 9.13 Å². The molecule has 0 aliphatic heterocycles. The van der Waals surface area contributed by atoms with Crippen molar-refractivity contribution in [2.75, 3.05) is 0 Å². The molecule has 0 aliphatic carbocycles. The van der Waals surface area contributed by atoms with E-state index in [9.17, 15) is 0 Å². The first-order valence-electron chi connectivity index (χ1n) is 31.8. The number of benzene rings is 17. The molecule has 2 heteroatoms. The molecular formula is C90H58N2. The lowest BCUT2D eigenvalue weighted by Crippen LogP contribution is -1.95. The summed E-state index contributed by atoms with van der Waals surface area (Å²) in [7, 11) is 0. The van der Waals surface area contributed by atoms with Crippen LogP contribution in [0.1, 0.15) is 0 Å². The summed E-state index contributed by atoms with van der Waals surface area (Å²) in [5.74, 6) is 0. The number of hydrogen-bond donors (Lipinski definition) is 0. The van der Waals surface area contributed by atoms with E-state index in [-0.39, 0.29) is 0 Å². The van der Waals surface area contributed by atoms with Crippen molar-refractivity contribution >= 4 is 108 Å². The van der Waals surface area contributed by atoms with Gasteiger partial charge in [-0.2, -0.15) is 0 Å². The Bertz CT molecular complexity index is 5870. The molecule has 0 N–H and O–H groups in total. The van der Waals surface area contributed by atoms with Crippen molar-refractivity contribution in [2.24, 2.45) is 0 Å². The van der Waals surface area contributed by atoms with Crippen LogP contribution < -0.4 is 0 Å². The third-order valence-electron chi connectivity index (χ3n) is 19.1.